The fourth-order valence-corrected chi connectivity index (χ4v) is 5.63. The van der Waals surface area contributed by atoms with Crippen LogP contribution in [-0.2, 0) is 4.79 Å². The maximum absolute atomic E-state index is 14.1. The Labute approximate surface area is 237 Å². The molecule has 40 heavy (non-hydrogen) atoms. The number of halogens is 1. The molecule has 1 unspecified atom stereocenters. The Morgan fingerprint density at radius 2 is 1.73 bits per heavy atom. The predicted octanol–water partition coefficient (Wildman–Crippen LogP) is 3.62. The smallest absolute Gasteiger partial charge is 0.264 e. The zero-order valence-electron chi connectivity index (χ0n) is 22.4. The first-order valence-electron chi connectivity index (χ1n) is 13.3. The molecule has 3 amide bonds. The monoisotopic (exact) mass is 565 g/mol. The molecule has 10 nitrogen and oxygen atoms in total. The van der Waals surface area contributed by atoms with Crippen molar-refractivity contribution in [1.29, 1.82) is 0 Å². The lowest BCUT2D eigenvalue weighted by atomic mass is 9.92. The van der Waals surface area contributed by atoms with Gasteiger partial charge < -0.3 is 30.1 Å². The number of hydrogen-bond acceptors (Lipinski definition) is 7. The second kappa shape index (κ2) is 11.7. The van der Waals surface area contributed by atoms with Crippen LogP contribution in [0.3, 0.4) is 0 Å². The number of methoxy groups -OCH3 is 1. The van der Waals surface area contributed by atoms with E-state index in [4.69, 9.17) is 26.6 Å². The molecule has 3 aromatic rings. The van der Waals surface area contributed by atoms with Gasteiger partial charge in [0.05, 0.1) is 12.1 Å². The van der Waals surface area contributed by atoms with Gasteiger partial charge in [0.15, 0.2) is 6.17 Å². The van der Waals surface area contributed by atoms with Gasteiger partial charge in [0.2, 0.25) is 0 Å². The average Bonchev–Trinajstić information content (AvgIpc) is 3.58. The van der Waals surface area contributed by atoms with Crippen molar-refractivity contribution in [3.8, 4) is 17.0 Å². The fourth-order valence-electron chi connectivity index (χ4n) is 5.40. The van der Waals surface area contributed by atoms with E-state index in [0.29, 0.717) is 21.9 Å². The van der Waals surface area contributed by atoms with Gasteiger partial charge in [-0.1, -0.05) is 41.0 Å². The summed E-state index contributed by atoms with van der Waals surface area (Å²) in [6, 6.07) is 13.8. The van der Waals surface area contributed by atoms with Crippen LogP contribution in [-0.4, -0.2) is 71.1 Å². The number of ether oxygens (including phenoxy) is 1. The minimum absolute atomic E-state index is 0.0883. The van der Waals surface area contributed by atoms with Crippen LogP contribution in [0, 0.1) is 6.92 Å². The van der Waals surface area contributed by atoms with Gasteiger partial charge in [0, 0.05) is 36.3 Å². The molecule has 0 bridgehead atoms. The van der Waals surface area contributed by atoms with E-state index in [0.717, 1.165) is 25.7 Å². The summed E-state index contributed by atoms with van der Waals surface area (Å²) in [5.41, 5.74) is 7.42. The summed E-state index contributed by atoms with van der Waals surface area (Å²) in [5.74, 6) is -0.468. The molecule has 2 heterocycles. The number of aryl methyl sites for hydroxylation is 1. The lowest BCUT2D eigenvalue weighted by molar-refractivity contribution is -0.129. The molecule has 1 atom stereocenters. The van der Waals surface area contributed by atoms with Crippen LogP contribution in [0.2, 0.25) is 5.02 Å². The Hall–Kier alpha value is -3.89. The molecule has 0 radical (unpaired) electrons. The highest BCUT2D eigenvalue weighted by Crippen LogP contribution is 2.33. The maximum Gasteiger partial charge on any atom is 0.264 e. The van der Waals surface area contributed by atoms with E-state index < -0.39 is 18.0 Å². The Bertz CT molecular complexity index is 1420. The molecule has 1 aromatic heterocycles. The molecule has 1 saturated carbocycles. The van der Waals surface area contributed by atoms with Crippen LogP contribution in [0.4, 0.5) is 0 Å². The third kappa shape index (κ3) is 5.41. The lowest BCUT2D eigenvalue weighted by Crippen LogP contribution is -2.56. The van der Waals surface area contributed by atoms with Crippen molar-refractivity contribution < 1.29 is 23.6 Å². The molecule has 2 aliphatic rings. The van der Waals surface area contributed by atoms with Gasteiger partial charge in [-0.3, -0.25) is 14.4 Å². The molecule has 3 N–H and O–H groups in total. The van der Waals surface area contributed by atoms with Crippen LogP contribution in [0.15, 0.2) is 53.1 Å². The van der Waals surface area contributed by atoms with Crippen molar-refractivity contribution in [1.82, 2.24) is 20.3 Å². The molecule has 11 heteroatoms. The minimum atomic E-state index is -1.17. The molecule has 1 saturated heterocycles. The highest BCUT2D eigenvalue weighted by molar-refractivity contribution is 6.33. The van der Waals surface area contributed by atoms with E-state index in [1.165, 1.54) is 16.9 Å². The highest BCUT2D eigenvalue weighted by atomic mass is 35.5. The number of nitrogens with two attached hydrogens (primary N) is 1. The minimum Gasteiger partial charge on any atom is -0.497 e. The average molecular weight is 566 g/mol. The number of amides is 3. The van der Waals surface area contributed by atoms with E-state index in [1.54, 1.807) is 55.5 Å². The number of hydrogen-bond donors (Lipinski definition) is 2. The molecule has 1 aliphatic carbocycles. The van der Waals surface area contributed by atoms with Crippen molar-refractivity contribution in [3.05, 3.63) is 70.4 Å². The third-order valence-electron chi connectivity index (χ3n) is 7.57. The molecule has 2 fully saturated rings. The van der Waals surface area contributed by atoms with Gasteiger partial charge >= 0.3 is 0 Å². The van der Waals surface area contributed by atoms with Crippen LogP contribution in [0.25, 0.3) is 11.3 Å². The topological polar surface area (TPSA) is 131 Å². The predicted molar refractivity (Wildman–Crippen MR) is 149 cm³/mol. The van der Waals surface area contributed by atoms with Crippen LogP contribution >= 0.6 is 11.6 Å². The third-order valence-corrected chi connectivity index (χ3v) is 7.90. The second-order valence-electron chi connectivity index (χ2n) is 10.2. The largest absolute Gasteiger partial charge is 0.497 e. The fraction of sp³-hybridized carbons (Fsp3) is 0.379. The van der Waals surface area contributed by atoms with Crippen molar-refractivity contribution in [3.63, 3.8) is 0 Å². The van der Waals surface area contributed by atoms with Crippen molar-refractivity contribution in [2.24, 2.45) is 5.73 Å². The first kappa shape index (κ1) is 27.7. The molecule has 5 rings (SSSR count). The molecular formula is C29H32ClN5O5. The van der Waals surface area contributed by atoms with E-state index in [-0.39, 0.29) is 48.1 Å². The number of carbonyl (C=O) groups is 3. The first-order chi connectivity index (χ1) is 19.3. The van der Waals surface area contributed by atoms with Gasteiger partial charge in [-0.2, -0.15) is 0 Å². The standard InChI is InChI=1S/C29H32ClN5O5/c1-17-24(25(33-40-17)22-8-3-4-9-23(22)30)29(38)35-15-14-34(28(37)18-6-5-7-21(16-18)39-2)27(35)26(36)32-20-12-10-19(31)11-13-20/h3-9,16,19-20,27H,10-15,31H2,1-2H3,(H,32,36). The van der Waals surface area contributed by atoms with Gasteiger partial charge in [-0.05, 0) is 56.9 Å². The van der Waals surface area contributed by atoms with Crippen molar-refractivity contribution in [2.45, 2.75) is 50.9 Å². The number of carbonyl (C=O) groups excluding carboxylic acids is 3. The lowest BCUT2D eigenvalue weighted by Gasteiger charge is -2.32. The Morgan fingerprint density at radius 3 is 2.42 bits per heavy atom. The number of nitrogens with one attached hydrogen (secondary N) is 1. The Balaban J connectivity index is 1.49. The molecular weight excluding hydrogens is 534 g/mol. The second-order valence-corrected chi connectivity index (χ2v) is 10.6. The van der Waals surface area contributed by atoms with Gasteiger partial charge in [0.25, 0.3) is 17.7 Å². The van der Waals surface area contributed by atoms with Gasteiger partial charge in [-0.25, -0.2) is 0 Å². The summed E-state index contributed by atoms with van der Waals surface area (Å²) in [6.07, 6.45) is 1.89. The van der Waals surface area contributed by atoms with Gasteiger partial charge in [0.1, 0.15) is 22.8 Å². The first-order valence-corrected chi connectivity index (χ1v) is 13.7. The number of benzene rings is 2. The van der Waals surface area contributed by atoms with Gasteiger partial charge in [-0.15, -0.1) is 0 Å². The summed E-state index contributed by atoms with van der Waals surface area (Å²) < 4.78 is 10.7. The summed E-state index contributed by atoms with van der Waals surface area (Å²) >= 11 is 6.42. The van der Waals surface area contributed by atoms with Crippen molar-refractivity contribution >= 4 is 29.3 Å². The van der Waals surface area contributed by atoms with E-state index in [2.05, 4.69) is 10.5 Å². The van der Waals surface area contributed by atoms with E-state index >= 15 is 0 Å². The number of rotatable bonds is 6. The van der Waals surface area contributed by atoms with Crippen molar-refractivity contribution in [2.75, 3.05) is 20.2 Å². The number of aromatic nitrogens is 1. The molecule has 0 spiro atoms. The van der Waals surface area contributed by atoms with Crippen LogP contribution in [0.5, 0.6) is 5.75 Å². The molecule has 1 aliphatic heterocycles. The molecule has 210 valence electrons. The zero-order chi connectivity index (χ0) is 28.4. The van der Waals surface area contributed by atoms with E-state index in [9.17, 15) is 14.4 Å². The highest BCUT2D eigenvalue weighted by Gasteiger charge is 2.45. The van der Waals surface area contributed by atoms with E-state index in [1.807, 2.05) is 0 Å². The number of nitrogens with zero attached hydrogens (tertiary/aromatic N) is 3. The summed E-state index contributed by atoms with van der Waals surface area (Å²) in [5, 5.41) is 7.60. The normalized spacial score (nSPS) is 20.9. The molecule has 2 aromatic carbocycles. The Kier molecular flexibility index (Phi) is 8.09. The van der Waals surface area contributed by atoms with Crippen LogP contribution < -0.4 is 15.8 Å². The SMILES string of the molecule is COc1cccc(C(=O)N2CCN(C(=O)c3c(-c4ccccc4Cl)noc3C)C2C(=O)NC2CCC(N)CC2)c1. The quantitative estimate of drug-likeness (QED) is 0.466. The van der Waals surface area contributed by atoms with Crippen LogP contribution in [0.1, 0.15) is 52.2 Å². The zero-order valence-corrected chi connectivity index (χ0v) is 23.2. The Morgan fingerprint density at radius 1 is 1.02 bits per heavy atom. The summed E-state index contributed by atoms with van der Waals surface area (Å²) in [7, 11) is 1.52. The summed E-state index contributed by atoms with van der Waals surface area (Å²) in [6.45, 7) is 1.95. The maximum atomic E-state index is 14.1. The summed E-state index contributed by atoms with van der Waals surface area (Å²) in [4.78, 5) is 44.5.